The lowest BCUT2D eigenvalue weighted by Crippen LogP contribution is -2.22. The van der Waals surface area contributed by atoms with Gasteiger partial charge in [0, 0.05) is 32.5 Å². The summed E-state index contributed by atoms with van der Waals surface area (Å²) < 4.78 is 12.4. The zero-order valence-corrected chi connectivity index (χ0v) is 14.0. The fourth-order valence-corrected chi connectivity index (χ4v) is 2.78. The van der Waals surface area contributed by atoms with Crippen LogP contribution in [-0.4, -0.2) is 37.3 Å². The van der Waals surface area contributed by atoms with Crippen molar-refractivity contribution in [1.82, 2.24) is 9.55 Å². The van der Waals surface area contributed by atoms with Crippen LogP contribution in [0.1, 0.15) is 10.4 Å². The lowest BCUT2D eigenvalue weighted by Gasteiger charge is -2.15. The normalized spacial score (nSPS) is 11.8. The molecule has 0 amide bonds. The summed E-state index contributed by atoms with van der Waals surface area (Å²) in [5.74, 6) is -0.347. The minimum Gasteiger partial charge on any atom is -0.465 e. The Morgan fingerprint density at radius 3 is 2.76 bits per heavy atom. The molecule has 0 bridgehead atoms. The highest BCUT2D eigenvalue weighted by molar-refractivity contribution is 6.76. The van der Waals surface area contributed by atoms with Gasteiger partial charge in [-0.25, -0.2) is 9.78 Å². The van der Waals surface area contributed by atoms with E-state index >= 15 is 0 Å². The van der Waals surface area contributed by atoms with Crippen LogP contribution in [0.3, 0.4) is 0 Å². The Hall–Kier alpha value is -1.66. The van der Waals surface area contributed by atoms with Crippen LogP contribution in [0.4, 0.5) is 0 Å². The Balaban J connectivity index is 2.10. The highest BCUT2D eigenvalue weighted by Crippen LogP contribution is 2.19. The van der Waals surface area contributed by atoms with Crippen molar-refractivity contribution in [3.63, 3.8) is 0 Å². The summed E-state index contributed by atoms with van der Waals surface area (Å²) in [5, 5.41) is 0.790. The fourth-order valence-electron chi connectivity index (χ4n) is 2.02. The second-order valence-electron chi connectivity index (χ2n) is 6.22. The average molecular weight is 306 g/mol. The minimum atomic E-state index is -1.07. The van der Waals surface area contributed by atoms with E-state index in [0.29, 0.717) is 12.3 Å². The number of carbonyl (C=O) groups excluding carboxylic acids is 1. The number of esters is 1. The molecule has 21 heavy (non-hydrogen) atoms. The standard InChI is InChI=1S/C15H22N2O3Si/c1-19-15(18)13-5-7-16-14-12(13)6-8-17(14)11-20-9-10-21(2,3)4/h5-8H,9-11H2,1-4H3. The quantitative estimate of drug-likeness (QED) is 0.467. The van der Waals surface area contributed by atoms with Crippen LogP contribution in [-0.2, 0) is 16.2 Å². The van der Waals surface area contributed by atoms with Crippen molar-refractivity contribution in [3.05, 3.63) is 30.1 Å². The third kappa shape index (κ3) is 3.92. The average Bonchev–Trinajstić information content (AvgIpc) is 2.85. The highest BCUT2D eigenvalue weighted by atomic mass is 28.3. The molecule has 0 unspecified atom stereocenters. The van der Waals surface area contributed by atoms with E-state index in [0.717, 1.165) is 23.7 Å². The van der Waals surface area contributed by atoms with E-state index in [9.17, 15) is 4.79 Å². The molecular weight excluding hydrogens is 284 g/mol. The lowest BCUT2D eigenvalue weighted by atomic mass is 10.2. The van der Waals surface area contributed by atoms with Crippen molar-refractivity contribution in [1.29, 1.82) is 0 Å². The number of rotatable bonds is 6. The maximum absolute atomic E-state index is 11.7. The summed E-state index contributed by atoms with van der Waals surface area (Å²) in [4.78, 5) is 16.1. The number of fused-ring (bicyclic) bond motifs is 1. The van der Waals surface area contributed by atoms with Crippen LogP contribution in [0, 0.1) is 0 Å². The van der Waals surface area contributed by atoms with Crippen molar-refractivity contribution < 1.29 is 14.3 Å². The van der Waals surface area contributed by atoms with Crippen LogP contribution in [0.5, 0.6) is 0 Å². The van der Waals surface area contributed by atoms with Crippen LogP contribution in [0.15, 0.2) is 24.5 Å². The van der Waals surface area contributed by atoms with Crippen molar-refractivity contribution >= 4 is 25.1 Å². The predicted octanol–water partition coefficient (Wildman–Crippen LogP) is 3.14. The first kappa shape index (κ1) is 15.7. The number of hydrogen-bond acceptors (Lipinski definition) is 4. The van der Waals surface area contributed by atoms with Crippen LogP contribution < -0.4 is 0 Å². The first-order valence-corrected chi connectivity index (χ1v) is 10.7. The van der Waals surface area contributed by atoms with Crippen molar-refractivity contribution in [3.8, 4) is 0 Å². The molecule has 114 valence electrons. The van der Waals surface area contributed by atoms with E-state index < -0.39 is 8.07 Å². The molecule has 0 aliphatic heterocycles. The first-order chi connectivity index (χ1) is 9.92. The van der Waals surface area contributed by atoms with Gasteiger partial charge in [-0.3, -0.25) is 0 Å². The van der Waals surface area contributed by atoms with Crippen molar-refractivity contribution in [2.24, 2.45) is 0 Å². The van der Waals surface area contributed by atoms with E-state index in [1.807, 2.05) is 16.8 Å². The van der Waals surface area contributed by atoms with E-state index in [1.54, 1.807) is 12.3 Å². The molecular formula is C15H22N2O3Si. The molecule has 2 rings (SSSR count). The number of pyridine rings is 1. The number of ether oxygens (including phenoxy) is 2. The molecule has 5 nitrogen and oxygen atoms in total. The molecule has 2 aromatic rings. The van der Waals surface area contributed by atoms with E-state index in [2.05, 4.69) is 24.6 Å². The number of hydrogen-bond donors (Lipinski definition) is 0. The van der Waals surface area contributed by atoms with Crippen molar-refractivity contribution in [2.45, 2.75) is 32.4 Å². The molecule has 0 N–H and O–H groups in total. The van der Waals surface area contributed by atoms with E-state index in [1.165, 1.54) is 7.11 Å². The number of nitrogens with zero attached hydrogens (tertiary/aromatic N) is 2. The summed E-state index contributed by atoms with van der Waals surface area (Å²) in [5.41, 5.74) is 1.27. The molecule has 0 aliphatic carbocycles. The molecule has 0 radical (unpaired) electrons. The highest BCUT2D eigenvalue weighted by Gasteiger charge is 2.14. The zero-order chi connectivity index (χ0) is 15.5. The van der Waals surface area contributed by atoms with Gasteiger partial charge in [-0.15, -0.1) is 0 Å². The zero-order valence-electron chi connectivity index (χ0n) is 13.0. The Kier molecular flexibility index (Phi) is 4.79. The lowest BCUT2D eigenvalue weighted by molar-refractivity contribution is 0.0602. The summed E-state index contributed by atoms with van der Waals surface area (Å²) >= 11 is 0. The molecule has 0 aromatic carbocycles. The summed E-state index contributed by atoms with van der Waals surface area (Å²) in [6, 6.07) is 4.67. The van der Waals surface area contributed by atoms with Crippen LogP contribution >= 0.6 is 0 Å². The Bertz CT molecular complexity index is 631. The maximum Gasteiger partial charge on any atom is 0.338 e. The van der Waals surface area contributed by atoms with E-state index in [-0.39, 0.29) is 5.97 Å². The van der Waals surface area contributed by atoms with Gasteiger partial charge in [-0.05, 0) is 18.2 Å². The summed E-state index contributed by atoms with van der Waals surface area (Å²) in [6.07, 6.45) is 3.51. The molecule has 0 saturated carbocycles. The van der Waals surface area contributed by atoms with Crippen LogP contribution in [0.25, 0.3) is 11.0 Å². The number of carbonyl (C=O) groups is 1. The minimum absolute atomic E-state index is 0.347. The van der Waals surface area contributed by atoms with Gasteiger partial charge in [0.05, 0.1) is 12.7 Å². The van der Waals surface area contributed by atoms with Gasteiger partial charge in [0.1, 0.15) is 12.4 Å². The third-order valence-electron chi connectivity index (χ3n) is 3.29. The molecule has 0 saturated heterocycles. The van der Waals surface area contributed by atoms with Gasteiger partial charge in [-0.2, -0.15) is 0 Å². The second-order valence-corrected chi connectivity index (χ2v) is 11.8. The monoisotopic (exact) mass is 306 g/mol. The van der Waals surface area contributed by atoms with E-state index in [4.69, 9.17) is 9.47 Å². The second kappa shape index (κ2) is 6.40. The van der Waals surface area contributed by atoms with Gasteiger partial charge in [0.2, 0.25) is 0 Å². The Labute approximate surface area is 125 Å². The molecule has 0 atom stereocenters. The maximum atomic E-state index is 11.7. The molecule has 0 aliphatic rings. The molecule has 2 aromatic heterocycles. The van der Waals surface area contributed by atoms with Gasteiger partial charge in [0.25, 0.3) is 0 Å². The van der Waals surface area contributed by atoms with Gasteiger partial charge >= 0.3 is 5.97 Å². The molecule has 0 spiro atoms. The Morgan fingerprint density at radius 1 is 1.33 bits per heavy atom. The molecule has 2 heterocycles. The SMILES string of the molecule is COC(=O)c1ccnc2c1ccn2COCC[Si](C)(C)C. The summed E-state index contributed by atoms with van der Waals surface area (Å²) in [7, 11) is 0.307. The summed E-state index contributed by atoms with van der Waals surface area (Å²) in [6.45, 7) is 8.18. The van der Waals surface area contributed by atoms with Crippen LogP contribution in [0.2, 0.25) is 25.7 Å². The van der Waals surface area contributed by atoms with Gasteiger partial charge in [-0.1, -0.05) is 19.6 Å². The third-order valence-corrected chi connectivity index (χ3v) is 5.00. The fraction of sp³-hybridized carbons (Fsp3) is 0.467. The van der Waals surface area contributed by atoms with Gasteiger partial charge in [0.15, 0.2) is 0 Å². The molecule has 0 fully saturated rings. The largest absolute Gasteiger partial charge is 0.465 e. The van der Waals surface area contributed by atoms with Gasteiger partial charge < -0.3 is 14.0 Å². The topological polar surface area (TPSA) is 53.3 Å². The number of aromatic nitrogens is 2. The predicted molar refractivity (Wildman–Crippen MR) is 85.2 cm³/mol. The van der Waals surface area contributed by atoms with Crippen molar-refractivity contribution in [2.75, 3.05) is 13.7 Å². The first-order valence-electron chi connectivity index (χ1n) is 7.02. The molecule has 6 heteroatoms. The Morgan fingerprint density at radius 2 is 2.10 bits per heavy atom. The number of methoxy groups -OCH3 is 1. The smallest absolute Gasteiger partial charge is 0.338 e.